The molecule has 0 spiro atoms. The molecular formula is C34H37F3N4O4S. The van der Waals surface area contributed by atoms with E-state index in [0.29, 0.717) is 52.6 Å². The standard InChI is InChI=1S/C34H37F3N4O4S/c1-7-22-25(35)11-8-18-12-21(44-17-43-5)13-23(27(18)22)28-26(36)14-24-30(29(28)37)38-32(46-6)39-31(24)40-15-19-9-10-20(16-40)41(19)33(42)45-34(2,3)4/h8,11-14,19-20H,7,9-10,15-17H2,1-6H3/t19-,20+. The Morgan fingerprint density at radius 2 is 1.76 bits per heavy atom. The second kappa shape index (κ2) is 12.4. The SMILES string of the molecule is CCc1c(F)ccc2cc(OCOC)cc(-c3c(F)cc4c(N5C[C@H]6CC[C@@H](C5)N6C(=O)OC(C)(C)C)nc(SC)nc4c3F)c12. The third-order valence-corrected chi connectivity index (χ3v) is 9.07. The minimum atomic E-state index is -0.874. The summed E-state index contributed by atoms with van der Waals surface area (Å²) in [6, 6.07) is 7.12. The first kappa shape index (κ1) is 32.2. The van der Waals surface area contributed by atoms with Crippen molar-refractivity contribution >= 4 is 45.3 Å². The van der Waals surface area contributed by atoms with Gasteiger partial charge in [0.25, 0.3) is 0 Å². The zero-order chi connectivity index (χ0) is 32.9. The lowest BCUT2D eigenvalue weighted by Crippen LogP contribution is -2.57. The van der Waals surface area contributed by atoms with Gasteiger partial charge in [0.1, 0.15) is 34.3 Å². The van der Waals surface area contributed by atoms with Gasteiger partial charge in [-0.3, -0.25) is 4.90 Å². The fraction of sp³-hybridized carbons (Fsp3) is 0.441. The van der Waals surface area contributed by atoms with Crippen molar-refractivity contribution in [3.8, 4) is 16.9 Å². The lowest BCUT2D eigenvalue weighted by atomic mass is 9.91. The summed E-state index contributed by atoms with van der Waals surface area (Å²) in [6.45, 7) is 8.09. The van der Waals surface area contributed by atoms with Crippen molar-refractivity contribution in [2.24, 2.45) is 0 Å². The van der Waals surface area contributed by atoms with Crippen molar-refractivity contribution in [3.63, 3.8) is 0 Å². The Morgan fingerprint density at radius 1 is 1.04 bits per heavy atom. The van der Waals surface area contributed by atoms with Crippen LogP contribution >= 0.6 is 11.8 Å². The molecule has 12 heteroatoms. The molecule has 0 N–H and O–H groups in total. The van der Waals surface area contributed by atoms with E-state index in [2.05, 4.69) is 4.98 Å². The van der Waals surface area contributed by atoms with Gasteiger partial charge in [0.2, 0.25) is 0 Å². The van der Waals surface area contributed by atoms with Crippen LogP contribution in [-0.4, -0.2) is 71.9 Å². The monoisotopic (exact) mass is 654 g/mol. The number of amides is 1. The summed E-state index contributed by atoms with van der Waals surface area (Å²) < 4.78 is 64.7. The van der Waals surface area contributed by atoms with E-state index < -0.39 is 23.1 Å². The number of nitrogens with zero attached hydrogens (tertiary/aromatic N) is 4. The number of fused-ring (bicyclic) bond motifs is 4. The first-order valence-electron chi connectivity index (χ1n) is 15.3. The number of carbonyl (C=O) groups is 1. The van der Waals surface area contributed by atoms with Crippen molar-refractivity contribution in [2.75, 3.05) is 38.1 Å². The number of thioether (sulfide) groups is 1. The molecule has 2 atom stereocenters. The van der Waals surface area contributed by atoms with Gasteiger partial charge < -0.3 is 19.1 Å². The number of carbonyl (C=O) groups excluding carboxylic acids is 1. The molecule has 0 aliphatic carbocycles. The van der Waals surface area contributed by atoms with Crippen LogP contribution in [0.3, 0.4) is 0 Å². The molecular weight excluding hydrogens is 617 g/mol. The summed E-state index contributed by atoms with van der Waals surface area (Å²) in [4.78, 5) is 26.1. The number of aromatic nitrogens is 2. The summed E-state index contributed by atoms with van der Waals surface area (Å²) in [5, 5.41) is 1.52. The Morgan fingerprint density at radius 3 is 2.39 bits per heavy atom. The Labute approximate surface area is 270 Å². The molecule has 46 heavy (non-hydrogen) atoms. The van der Waals surface area contributed by atoms with E-state index in [9.17, 15) is 4.79 Å². The highest BCUT2D eigenvalue weighted by Gasteiger charge is 2.45. The molecule has 0 unspecified atom stereocenters. The molecule has 3 heterocycles. The van der Waals surface area contributed by atoms with E-state index in [-0.39, 0.29) is 47.0 Å². The molecule has 2 aliphatic heterocycles. The number of piperazine rings is 1. The van der Waals surface area contributed by atoms with Crippen LogP contribution in [0.5, 0.6) is 5.75 Å². The molecule has 1 aromatic heterocycles. The molecule has 2 bridgehead atoms. The van der Waals surface area contributed by atoms with E-state index in [4.69, 9.17) is 19.2 Å². The maximum absolute atomic E-state index is 16.8. The first-order valence-corrected chi connectivity index (χ1v) is 16.5. The van der Waals surface area contributed by atoms with Gasteiger partial charge in [-0.2, -0.15) is 0 Å². The van der Waals surface area contributed by atoms with Gasteiger partial charge in [-0.25, -0.2) is 27.9 Å². The Balaban J connectivity index is 1.49. The third-order valence-electron chi connectivity index (χ3n) is 8.52. The highest BCUT2D eigenvalue weighted by molar-refractivity contribution is 7.98. The van der Waals surface area contributed by atoms with E-state index in [1.807, 2.05) is 25.7 Å². The smallest absolute Gasteiger partial charge is 0.410 e. The van der Waals surface area contributed by atoms with Crippen LogP contribution in [0.15, 0.2) is 35.5 Å². The van der Waals surface area contributed by atoms with Crippen molar-refractivity contribution in [1.82, 2.24) is 14.9 Å². The molecule has 0 radical (unpaired) electrons. The van der Waals surface area contributed by atoms with Crippen LogP contribution in [0.2, 0.25) is 0 Å². The van der Waals surface area contributed by atoms with Gasteiger partial charge >= 0.3 is 6.09 Å². The summed E-state index contributed by atoms with van der Waals surface area (Å²) in [7, 11) is 1.47. The fourth-order valence-corrected chi connectivity index (χ4v) is 7.03. The van der Waals surface area contributed by atoms with Gasteiger partial charge in [0, 0.05) is 25.6 Å². The zero-order valence-corrected chi connectivity index (χ0v) is 27.6. The first-order chi connectivity index (χ1) is 21.9. The predicted molar refractivity (Wildman–Crippen MR) is 173 cm³/mol. The van der Waals surface area contributed by atoms with Crippen LogP contribution in [0.25, 0.3) is 32.8 Å². The molecule has 6 rings (SSSR count). The Kier molecular flexibility index (Phi) is 8.71. The molecule has 1 amide bonds. The minimum absolute atomic E-state index is 0.0431. The Bertz CT molecular complexity index is 1820. The lowest BCUT2D eigenvalue weighted by molar-refractivity contribution is 0.0123. The normalized spacial score (nSPS) is 18.1. The average molecular weight is 655 g/mol. The largest absolute Gasteiger partial charge is 0.468 e. The predicted octanol–water partition coefficient (Wildman–Crippen LogP) is 7.72. The second-order valence-electron chi connectivity index (χ2n) is 12.7. The number of hydrogen-bond donors (Lipinski definition) is 0. The molecule has 8 nitrogen and oxygen atoms in total. The quantitative estimate of drug-likeness (QED) is 0.114. The molecule has 2 saturated heterocycles. The summed E-state index contributed by atoms with van der Waals surface area (Å²) >= 11 is 1.25. The van der Waals surface area contributed by atoms with E-state index in [1.54, 1.807) is 30.2 Å². The van der Waals surface area contributed by atoms with Crippen LogP contribution in [0.1, 0.15) is 46.1 Å². The Hall–Kier alpha value is -3.77. The fourth-order valence-electron chi connectivity index (χ4n) is 6.67. The topological polar surface area (TPSA) is 77.0 Å². The molecule has 0 saturated carbocycles. The highest BCUT2D eigenvalue weighted by atomic mass is 32.2. The summed E-state index contributed by atoms with van der Waals surface area (Å²) in [6.07, 6.45) is 3.32. The lowest BCUT2D eigenvalue weighted by Gasteiger charge is -2.42. The third kappa shape index (κ3) is 5.81. The molecule has 3 aromatic carbocycles. The highest BCUT2D eigenvalue weighted by Crippen LogP contribution is 2.43. The summed E-state index contributed by atoms with van der Waals surface area (Å²) in [5.41, 5.74) is -0.491. The molecule has 4 aromatic rings. The number of ether oxygens (including phenoxy) is 3. The zero-order valence-electron chi connectivity index (χ0n) is 26.7. The molecule has 244 valence electrons. The number of rotatable bonds is 7. The maximum atomic E-state index is 16.8. The van der Waals surface area contributed by atoms with Gasteiger partial charge in [-0.1, -0.05) is 24.8 Å². The molecule has 2 fully saturated rings. The minimum Gasteiger partial charge on any atom is -0.468 e. The average Bonchev–Trinajstić information content (AvgIpc) is 3.28. The summed E-state index contributed by atoms with van der Waals surface area (Å²) in [5.74, 6) is -1.44. The van der Waals surface area contributed by atoms with Crippen LogP contribution in [0, 0.1) is 17.5 Å². The van der Waals surface area contributed by atoms with E-state index in [1.165, 1.54) is 37.1 Å². The van der Waals surface area contributed by atoms with Gasteiger partial charge in [-0.15, -0.1) is 0 Å². The van der Waals surface area contributed by atoms with Gasteiger partial charge in [0.15, 0.2) is 17.8 Å². The van der Waals surface area contributed by atoms with Crippen molar-refractivity contribution in [2.45, 2.75) is 69.8 Å². The number of hydrogen-bond acceptors (Lipinski definition) is 8. The molecule has 2 aliphatic rings. The van der Waals surface area contributed by atoms with E-state index >= 15 is 13.2 Å². The number of methoxy groups -OCH3 is 1. The number of anilines is 1. The maximum Gasteiger partial charge on any atom is 0.410 e. The van der Waals surface area contributed by atoms with Crippen LogP contribution in [-0.2, 0) is 15.9 Å². The van der Waals surface area contributed by atoms with Crippen LogP contribution < -0.4 is 9.64 Å². The van der Waals surface area contributed by atoms with Crippen molar-refractivity contribution < 1.29 is 32.2 Å². The van der Waals surface area contributed by atoms with Crippen molar-refractivity contribution in [3.05, 3.63) is 53.3 Å². The van der Waals surface area contributed by atoms with Crippen LogP contribution in [0.4, 0.5) is 23.8 Å². The number of halogens is 3. The van der Waals surface area contributed by atoms with Gasteiger partial charge in [0.05, 0.1) is 17.6 Å². The number of aryl methyl sites for hydroxylation is 1. The number of benzene rings is 3. The van der Waals surface area contributed by atoms with Gasteiger partial charge in [-0.05, 0) is 92.5 Å². The van der Waals surface area contributed by atoms with Crippen molar-refractivity contribution in [1.29, 1.82) is 0 Å². The second-order valence-corrected chi connectivity index (χ2v) is 13.4. The van der Waals surface area contributed by atoms with E-state index in [0.717, 1.165) is 12.8 Å².